The van der Waals surface area contributed by atoms with E-state index in [4.69, 9.17) is 0 Å². The molecule has 1 aliphatic heterocycles. The number of aryl methyl sites for hydroxylation is 1. The van der Waals surface area contributed by atoms with Crippen molar-refractivity contribution in [3.63, 3.8) is 0 Å². The number of carbonyl (C=O) groups is 1. The Kier molecular flexibility index (Phi) is 2.59. The molecule has 3 heteroatoms. The maximum absolute atomic E-state index is 11.2. The van der Waals surface area contributed by atoms with E-state index >= 15 is 0 Å². The van der Waals surface area contributed by atoms with Gasteiger partial charge in [-0.3, -0.25) is 4.79 Å². The second kappa shape index (κ2) is 3.73. The van der Waals surface area contributed by atoms with Gasteiger partial charge in [0, 0.05) is 17.4 Å². The molecule has 1 saturated heterocycles. The van der Waals surface area contributed by atoms with Gasteiger partial charge in [0.1, 0.15) is 0 Å². The van der Waals surface area contributed by atoms with Gasteiger partial charge in [0.25, 0.3) is 0 Å². The molecule has 74 valence electrons. The predicted octanol–water partition coefficient (Wildman–Crippen LogP) is 2.54. The number of hydrogen-bond acceptors (Lipinski definition) is 2. The number of anilines is 1. The van der Waals surface area contributed by atoms with Crippen LogP contribution in [0.5, 0.6) is 0 Å². The number of carbonyl (C=O) groups excluding carboxylic acids is 1. The summed E-state index contributed by atoms with van der Waals surface area (Å²) in [6.07, 6.45) is 0.681. The Bertz CT molecular complexity index is 376. The first-order valence-electron chi connectivity index (χ1n) is 4.69. The molecule has 14 heavy (non-hydrogen) atoms. The summed E-state index contributed by atoms with van der Waals surface area (Å²) in [5, 5.41) is 0. The van der Waals surface area contributed by atoms with Crippen LogP contribution in [0.25, 0.3) is 0 Å². The molecule has 0 amide bonds. The summed E-state index contributed by atoms with van der Waals surface area (Å²) < 4.78 is 1.07. The fourth-order valence-electron chi connectivity index (χ4n) is 1.70. The Labute approximate surface area is 92.0 Å². The third-order valence-corrected chi connectivity index (χ3v) is 3.14. The maximum atomic E-state index is 11.2. The zero-order chi connectivity index (χ0) is 10.1. The second-order valence-corrected chi connectivity index (χ2v) is 4.52. The van der Waals surface area contributed by atoms with Gasteiger partial charge in [-0.1, -0.05) is 6.07 Å². The van der Waals surface area contributed by atoms with Crippen LogP contribution < -0.4 is 4.90 Å². The van der Waals surface area contributed by atoms with E-state index in [2.05, 4.69) is 39.9 Å². The Morgan fingerprint density at radius 2 is 2.21 bits per heavy atom. The quantitative estimate of drug-likeness (QED) is 0.767. The molecular weight excluding hydrogens is 242 g/mol. The molecule has 1 aliphatic rings. The summed E-state index contributed by atoms with van der Waals surface area (Å²) in [4.78, 5) is 13.3. The van der Waals surface area contributed by atoms with Crippen molar-refractivity contribution in [3.8, 4) is 0 Å². The molecule has 2 rings (SSSR count). The average molecular weight is 254 g/mol. The van der Waals surface area contributed by atoms with E-state index in [-0.39, 0.29) is 0 Å². The van der Waals surface area contributed by atoms with Crippen LogP contribution >= 0.6 is 15.9 Å². The lowest BCUT2D eigenvalue weighted by Gasteiger charge is -2.18. The molecule has 0 spiro atoms. The molecule has 0 saturated carbocycles. The van der Waals surface area contributed by atoms with Crippen LogP contribution in [0.1, 0.15) is 12.0 Å². The Balaban J connectivity index is 2.31. The van der Waals surface area contributed by atoms with Gasteiger partial charge in [-0.25, -0.2) is 0 Å². The summed E-state index contributed by atoms with van der Waals surface area (Å²) in [5.74, 6) is 0.332. The molecule has 2 nitrogen and oxygen atoms in total. The van der Waals surface area contributed by atoms with E-state index in [1.54, 1.807) is 0 Å². The van der Waals surface area contributed by atoms with Crippen LogP contribution in [0.15, 0.2) is 22.7 Å². The first-order valence-corrected chi connectivity index (χ1v) is 5.49. The van der Waals surface area contributed by atoms with E-state index in [0.717, 1.165) is 16.7 Å². The monoisotopic (exact) mass is 253 g/mol. The molecule has 1 fully saturated rings. The van der Waals surface area contributed by atoms with Gasteiger partial charge in [0.2, 0.25) is 0 Å². The molecule has 0 aliphatic carbocycles. The number of rotatable bonds is 1. The molecule has 0 aromatic heterocycles. The van der Waals surface area contributed by atoms with Crippen molar-refractivity contribution >= 4 is 27.4 Å². The van der Waals surface area contributed by atoms with Crippen molar-refractivity contribution < 1.29 is 4.79 Å². The fourth-order valence-corrected chi connectivity index (χ4v) is 2.20. The molecule has 0 bridgehead atoms. The minimum Gasteiger partial charge on any atom is -0.363 e. The van der Waals surface area contributed by atoms with E-state index < -0.39 is 0 Å². The number of Topliss-reactive ketones (excluding diaryl/α,β-unsaturated/α-hetero) is 1. The van der Waals surface area contributed by atoms with Crippen molar-refractivity contribution in [1.29, 1.82) is 0 Å². The van der Waals surface area contributed by atoms with Crippen molar-refractivity contribution in [3.05, 3.63) is 28.2 Å². The molecule has 1 heterocycles. The highest BCUT2D eigenvalue weighted by atomic mass is 79.9. The summed E-state index contributed by atoms with van der Waals surface area (Å²) in [7, 11) is 0. The minimum atomic E-state index is 0.332. The lowest BCUT2D eigenvalue weighted by atomic mass is 10.2. The molecule has 0 N–H and O–H groups in total. The predicted molar refractivity (Wildman–Crippen MR) is 60.7 cm³/mol. The van der Waals surface area contributed by atoms with Crippen LogP contribution in [0, 0.1) is 6.92 Å². The molecule has 0 unspecified atom stereocenters. The van der Waals surface area contributed by atoms with Crippen LogP contribution in [-0.4, -0.2) is 18.9 Å². The van der Waals surface area contributed by atoms with E-state index in [9.17, 15) is 4.79 Å². The molecule has 0 radical (unpaired) electrons. The second-order valence-electron chi connectivity index (χ2n) is 3.67. The van der Waals surface area contributed by atoms with Crippen molar-refractivity contribution in [2.45, 2.75) is 13.3 Å². The summed E-state index contributed by atoms with van der Waals surface area (Å²) in [5.41, 5.74) is 2.36. The highest BCUT2D eigenvalue weighted by molar-refractivity contribution is 9.10. The standard InChI is InChI=1S/C11H12BrNO/c1-8-2-3-10(12)11(6-8)13-5-4-9(14)7-13/h2-3,6H,4-5,7H2,1H3. The van der Waals surface area contributed by atoms with E-state index in [0.29, 0.717) is 18.7 Å². The van der Waals surface area contributed by atoms with E-state index in [1.807, 2.05) is 6.07 Å². The third-order valence-electron chi connectivity index (χ3n) is 2.47. The van der Waals surface area contributed by atoms with Crippen LogP contribution in [0.2, 0.25) is 0 Å². The molecule has 0 atom stereocenters. The van der Waals surface area contributed by atoms with Gasteiger partial charge in [-0.2, -0.15) is 0 Å². The molecule has 1 aromatic rings. The summed E-state index contributed by atoms with van der Waals surface area (Å²) in [6, 6.07) is 6.21. The fraction of sp³-hybridized carbons (Fsp3) is 0.364. The van der Waals surface area contributed by atoms with Gasteiger partial charge in [0.15, 0.2) is 5.78 Å². The average Bonchev–Trinajstić information content (AvgIpc) is 2.56. The first-order chi connectivity index (χ1) is 6.66. The van der Waals surface area contributed by atoms with E-state index in [1.165, 1.54) is 5.56 Å². The van der Waals surface area contributed by atoms with Crippen molar-refractivity contribution in [2.75, 3.05) is 18.0 Å². The highest BCUT2D eigenvalue weighted by Crippen LogP contribution is 2.29. The molecular formula is C11H12BrNO. The van der Waals surface area contributed by atoms with Crippen LogP contribution in [0.3, 0.4) is 0 Å². The minimum absolute atomic E-state index is 0.332. The largest absolute Gasteiger partial charge is 0.363 e. The lowest BCUT2D eigenvalue weighted by molar-refractivity contribution is -0.116. The number of ketones is 1. The number of hydrogen-bond donors (Lipinski definition) is 0. The normalized spacial score (nSPS) is 16.4. The lowest BCUT2D eigenvalue weighted by Crippen LogP contribution is -2.19. The van der Waals surface area contributed by atoms with Gasteiger partial charge in [-0.15, -0.1) is 0 Å². The van der Waals surface area contributed by atoms with Gasteiger partial charge >= 0.3 is 0 Å². The molecule has 1 aromatic carbocycles. The maximum Gasteiger partial charge on any atom is 0.153 e. The highest BCUT2D eigenvalue weighted by Gasteiger charge is 2.20. The topological polar surface area (TPSA) is 20.3 Å². The number of nitrogens with zero attached hydrogens (tertiary/aromatic N) is 1. The Morgan fingerprint density at radius 3 is 2.86 bits per heavy atom. The Morgan fingerprint density at radius 1 is 1.43 bits per heavy atom. The van der Waals surface area contributed by atoms with Crippen LogP contribution in [0.4, 0.5) is 5.69 Å². The van der Waals surface area contributed by atoms with Gasteiger partial charge < -0.3 is 4.90 Å². The van der Waals surface area contributed by atoms with Crippen LogP contribution in [-0.2, 0) is 4.79 Å². The smallest absolute Gasteiger partial charge is 0.153 e. The zero-order valence-corrected chi connectivity index (χ0v) is 9.67. The van der Waals surface area contributed by atoms with Crippen molar-refractivity contribution in [1.82, 2.24) is 0 Å². The number of benzene rings is 1. The van der Waals surface area contributed by atoms with Crippen molar-refractivity contribution in [2.24, 2.45) is 0 Å². The SMILES string of the molecule is Cc1ccc(Br)c(N2CCC(=O)C2)c1. The van der Waals surface area contributed by atoms with Gasteiger partial charge in [-0.05, 0) is 40.5 Å². The zero-order valence-electron chi connectivity index (χ0n) is 8.09. The number of halogens is 1. The first kappa shape index (κ1) is 9.71. The summed E-state index contributed by atoms with van der Waals surface area (Å²) >= 11 is 3.51. The Hall–Kier alpha value is -0.830. The third kappa shape index (κ3) is 1.82. The van der Waals surface area contributed by atoms with Gasteiger partial charge in [0.05, 0.1) is 12.2 Å². The summed E-state index contributed by atoms with van der Waals surface area (Å²) in [6.45, 7) is 3.47.